The Labute approximate surface area is 127 Å². The van der Waals surface area contributed by atoms with Gasteiger partial charge in [0.05, 0.1) is 16.8 Å². The van der Waals surface area contributed by atoms with Gasteiger partial charge in [-0.05, 0) is 48.2 Å². The molecule has 1 aromatic heterocycles. The van der Waals surface area contributed by atoms with Crippen molar-refractivity contribution in [3.8, 4) is 5.75 Å². The molecule has 0 aliphatic heterocycles. The van der Waals surface area contributed by atoms with Crippen molar-refractivity contribution in [2.75, 3.05) is 20.6 Å². The van der Waals surface area contributed by atoms with Crippen molar-refractivity contribution in [2.45, 2.75) is 12.6 Å². The van der Waals surface area contributed by atoms with Crippen molar-refractivity contribution in [2.24, 2.45) is 0 Å². The molecule has 0 amide bonds. The average Bonchev–Trinajstić information content (AvgIpc) is 2.92. The van der Waals surface area contributed by atoms with Crippen LogP contribution in [-0.4, -0.2) is 30.6 Å². The highest BCUT2D eigenvalue weighted by molar-refractivity contribution is 9.10. The first-order chi connectivity index (χ1) is 9.59. The molecule has 0 fully saturated rings. The summed E-state index contributed by atoms with van der Waals surface area (Å²) in [5, 5.41) is 13.3. The summed E-state index contributed by atoms with van der Waals surface area (Å²) in [4.78, 5) is 2.10. The van der Waals surface area contributed by atoms with Gasteiger partial charge >= 0.3 is 0 Å². The molecule has 1 aromatic carbocycles. The molecule has 1 atom stereocenters. The molecular weight excluding hydrogens is 320 g/mol. The Morgan fingerprint density at radius 1 is 1.30 bits per heavy atom. The van der Waals surface area contributed by atoms with E-state index in [0.717, 1.165) is 17.9 Å². The highest BCUT2D eigenvalue weighted by Crippen LogP contribution is 2.27. The van der Waals surface area contributed by atoms with E-state index in [9.17, 15) is 5.11 Å². The van der Waals surface area contributed by atoms with Crippen LogP contribution in [0.1, 0.15) is 17.4 Å². The maximum atomic E-state index is 9.94. The molecule has 0 saturated carbocycles. The minimum Gasteiger partial charge on any atom is -0.506 e. The van der Waals surface area contributed by atoms with Gasteiger partial charge < -0.3 is 14.8 Å². The highest BCUT2D eigenvalue weighted by atomic mass is 79.9. The van der Waals surface area contributed by atoms with E-state index in [0.29, 0.717) is 16.8 Å². The van der Waals surface area contributed by atoms with Crippen molar-refractivity contribution in [1.82, 2.24) is 10.2 Å². The fourth-order valence-corrected chi connectivity index (χ4v) is 2.47. The van der Waals surface area contributed by atoms with Gasteiger partial charge in [0, 0.05) is 18.7 Å². The molecule has 0 saturated heterocycles. The zero-order chi connectivity index (χ0) is 14.5. The third kappa shape index (κ3) is 3.62. The maximum Gasteiger partial charge on any atom is 0.134 e. The number of nitrogens with zero attached hydrogens (tertiary/aromatic N) is 1. The number of para-hydroxylation sites is 1. The summed E-state index contributed by atoms with van der Waals surface area (Å²) in [6.07, 6.45) is 1.69. The summed E-state index contributed by atoms with van der Waals surface area (Å²) in [7, 11) is 4.04. The summed E-state index contributed by atoms with van der Waals surface area (Å²) >= 11 is 3.32. The number of aromatic hydroxyl groups is 1. The van der Waals surface area contributed by atoms with Gasteiger partial charge in [-0.3, -0.25) is 4.90 Å². The van der Waals surface area contributed by atoms with E-state index in [1.807, 2.05) is 44.4 Å². The molecule has 0 radical (unpaired) electrons. The van der Waals surface area contributed by atoms with Crippen molar-refractivity contribution in [1.29, 1.82) is 0 Å². The van der Waals surface area contributed by atoms with Crippen LogP contribution in [-0.2, 0) is 6.54 Å². The molecule has 0 spiro atoms. The predicted octanol–water partition coefficient (Wildman–Crippen LogP) is 3.14. The van der Waals surface area contributed by atoms with Crippen molar-refractivity contribution in [3.05, 3.63) is 52.4 Å². The van der Waals surface area contributed by atoms with Crippen LogP contribution in [0.3, 0.4) is 0 Å². The molecule has 1 unspecified atom stereocenters. The van der Waals surface area contributed by atoms with Gasteiger partial charge in [-0.2, -0.15) is 0 Å². The Balaban J connectivity index is 1.96. The lowest BCUT2D eigenvalue weighted by Crippen LogP contribution is -2.30. The van der Waals surface area contributed by atoms with Gasteiger partial charge in [0.25, 0.3) is 0 Å². The molecule has 2 rings (SSSR count). The number of nitrogens with one attached hydrogen (secondary N) is 1. The Hall–Kier alpha value is -1.30. The Morgan fingerprint density at radius 3 is 2.75 bits per heavy atom. The number of halogens is 1. The summed E-state index contributed by atoms with van der Waals surface area (Å²) in [5.41, 5.74) is 0.872. The summed E-state index contributed by atoms with van der Waals surface area (Å²) in [6, 6.07) is 9.68. The van der Waals surface area contributed by atoms with E-state index >= 15 is 0 Å². The van der Waals surface area contributed by atoms with Crippen molar-refractivity contribution >= 4 is 15.9 Å². The van der Waals surface area contributed by atoms with Gasteiger partial charge in [-0.15, -0.1) is 0 Å². The molecule has 108 valence electrons. The fraction of sp³-hybridized carbons (Fsp3) is 0.333. The highest BCUT2D eigenvalue weighted by Gasteiger charge is 2.16. The number of benzene rings is 1. The number of rotatable bonds is 6. The number of hydrogen-bond acceptors (Lipinski definition) is 4. The van der Waals surface area contributed by atoms with Crippen molar-refractivity contribution < 1.29 is 9.52 Å². The molecule has 0 bridgehead atoms. The van der Waals surface area contributed by atoms with E-state index < -0.39 is 0 Å². The molecule has 4 nitrogen and oxygen atoms in total. The van der Waals surface area contributed by atoms with Gasteiger partial charge in [0.1, 0.15) is 11.5 Å². The molecular formula is C15H19BrN2O2. The first-order valence-electron chi connectivity index (χ1n) is 6.46. The van der Waals surface area contributed by atoms with E-state index in [2.05, 4.69) is 26.1 Å². The van der Waals surface area contributed by atoms with Gasteiger partial charge in [-0.1, -0.05) is 12.1 Å². The minimum absolute atomic E-state index is 0.166. The molecule has 2 aromatic rings. The van der Waals surface area contributed by atoms with Crippen LogP contribution in [0.25, 0.3) is 0 Å². The van der Waals surface area contributed by atoms with Crippen molar-refractivity contribution in [3.63, 3.8) is 0 Å². The van der Waals surface area contributed by atoms with Crippen LogP contribution in [0, 0.1) is 0 Å². The lowest BCUT2D eigenvalue weighted by Gasteiger charge is -2.22. The Kier molecular flexibility index (Phi) is 5.23. The molecule has 0 aliphatic rings. The second-order valence-corrected chi connectivity index (χ2v) is 5.73. The average molecular weight is 339 g/mol. The molecule has 1 heterocycles. The first-order valence-corrected chi connectivity index (χ1v) is 7.25. The van der Waals surface area contributed by atoms with Gasteiger partial charge in [0.15, 0.2) is 0 Å². The number of phenolic OH excluding ortho intramolecular Hbond substituents is 1. The third-order valence-electron chi connectivity index (χ3n) is 3.22. The standard InChI is InChI=1S/C15H19BrN2O2/c1-18(2)13(14-7-4-8-20-14)10-17-9-11-5-3-6-12(16)15(11)19/h3-8,13,17,19H,9-10H2,1-2H3. The monoisotopic (exact) mass is 338 g/mol. The topological polar surface area (TPSA) is 48.6 Å². The Morgan fingerprint density at radius 2 is 2.10 bits per heavy atom. The van der Waals surface area contributed by atoms with Crippen LogP contribution < -0.4 is 5.32 Å². The van der Waals surface area contributed by atoms with E-state index in [1.54, 1.807) is 6.26 Å². The van der Waals surface area contributed by atoms with E-state index in [4.69, 9.17) is 4.42 Å². The van der Waals surface area contributed by atoms with Crippen LogP contribution in [0.15, 0.2) is 45.5 Å². The zero-order valence-corrected chi connectivity index (χ0v) is 13.2. The number of likely N-dealkylation sites (N-methyl/N-ethyl adjacent to an activating group) is 1. The lowest BCUT2D eigenvalue weighted by molar-refractivity contribution is 0.250. The number of phenols is 1. The largest absolute Gasteiger partial charge is 0.506 e. The second kappa shape index (κ2) is 6.92. The maximum absolute atomic E-state index is 9.94. The quantitative estimate of drug-likeness (QED) is 0.849. The molecule has 20 heavy (non-hydrogen) atoms. The fourth-order valence-electron chi connectivity index (χ4n) is 2.06. The Bertz CT molecular complexity index is 541. The van der Waals surface area contributed by atoms with Gasteiger partial charge in [0.2, 0.25) is 0 Å². The predicted molar refractivity (Wildman–Crippen MR) is 82.6 cm³/mol. The SMILES string of the molecule is CN(C)C(CNCc1cccc(Br)c1O)c1ccco1. The molecule has 5 heteroatoms. The lowest BCUT2D eigenvalue weighted by atomic mass is 10.1. The third-order valence-corrected chi connectivity index (χ3v) is 3.86. The van der Waals surface area contributed by atoms with Crippen LogP contribution in [0.4, 0.5) is 0 Å². The van der Waals surface area contributed by atoms with Crippen LogP contribution in [0.2, 0.25) is 0 Å². The van der Waals surface area contributed by atoms with Crippen LogP contribution in [0.5, 0.6) is 5.75 Å². The summed E-state index contributed by atoms with van der Waals surface area (Å²) < 4.78 is 6.18. The molecule has 2 N–H and O–H groups in total. The zero-order valence-electron chi connectivity index (χ0n) is 11.6. The second-order valence-electron chi connectivity index (χ2n) is 4.87. The number of furan rings is 1. The smallest absolute Gasteiger partial charge is 0.134 e. The first kappa shape index (κ1) is 15.1. The van der Waals surface area contributed by atoms with E-state index in [1.165, 1.54) is 0 Å². The normalized spacial score (nSPS) is 12.8. The van der Waals surface area contributed by atoms with E-state index in [-0.39, 0.29) is 6.04 Å². The summed E-state index contributed by atoms with van der Waals surface area (Å²) in [6.45, 7) is 1.35. The van der Waals surface area contributed by atoms with Gasteiger partial charge in [-0.25, -0.2) is 0 Å². The summed E-state index contributed by atoms with van der Waals surface area (Å²) in [5.74, 6) is 1.22. The minimum atomic E-state index is 0.166. The molecule has 0 aliphatic carbocycles. The number of hydrogen-bond donors (Lipinski definition) is 2. The van der Waals surface area contributed by atoms with Crippen LogP contribution >= 0.6 is 15.9 Å².